The lowest BCUT2D eigenvalue weighted by atomic mass is 10.0. The lowest BCUT2D eigenvalue weighted by Crippen LogP contribution is -2.52. The number of carbonyl (C=O) groups is 2. The Balaban J connectivity index is 2.42. The molecule has 8 heteroatoms. The molecule has 0 aromatic carbocycles. The van der Waals surface area contributed by atoms with Crippen LogP contribution in [0.3, 0.4) is 0 Å². The van der Waals surface area contributed by atoms with Crippen LogP contribution in [0.25, 0.3) is 0 Å². The van der Waals surface area contributed by atoms with Crippen LogP contribution >= 0.6 is 0 Å². The van der Waals surface area contributed by atoms with Gasteiger partial charge in [-0.2, -0.15) is 0 Å². The summed E-state index contributed by atoms with van der Waals surface area (Å²) in [5.41, 5.74) is -0.851. The standard InChI is InChI=1S/C11H20N2O5S/c1-11(2,7-9(14)15)13-10(16)12-8-3-5-19(17,18)6-4-8/h8H,3-7H2,1-2H3,(H,14,15)(H2,12,13,16). The number of amides is 2. The first-order valence-electron chi connectivity index (χ1n) is 6.10. The molecule has 0 aromatic rings. The number of hydrogen-bond donors (Lipinski definition) is 3. The monoisotopic (exact) mass is 292 g/mol. The molecule has 1 aliphatic rings. The van der Waals surface area contributed by atoms with E-state index in [9.17, 15) is 18.0 Å². The van der Waals surface area contributed by atoms with Gasteiger partial charge in [0.05, 0.1) is 17.9 Å². The molecule has 7 nitrogen and oxygen atoms in total. The molecule has 0 bridgehead atoms. The third-order valence-electron chi connectivity index (χ3n) is 2.93. The van der Waals surface area contributed by atoms with Gasteiger partial charge in [-0.1, -0.05) is 0 Å². The Hall–Kier alpha value is -1.31. The Morgan fingerprint density at radius 3 is 2.26 bits per heavy atom. The van der Waals surface area contributed by atoms with Crippen LogP contribution in [-0.2, 0) is 14.6 Å². The number of urea groups is 1. The minimum absolute atomic E-state index is 0.0798. The van der Waals surface area contributed by atoms with E-state index < -0.39 is 27.4 Å². The second-order valence-corrected chi connectivity index (χ2v) is 7.78. The van der Waals surface area contributed by atoms with Gasteiger partial charge in [-0.3, -0.25) is 4.79 Å². The number of nitrogens with one attached hydrogen (secondary N) is 2. The second kappa shape index (κ2) is 5.77. The minimum atomic E-state index is -2.95. The molecule has 1 rings (SSSR count). The van der Waals surface area contributed by atoms with Crippen molar-refractivity contribution >= 4 is 21.8 Å². The van der Waals surface area contributed by atoms with Gasteiger partial charge in [0.25, 0.3) is 0 Å². The van der Waals surface area contributed by atoms with Gasteiger partial charge in [-0.15, -0.1) is 0 Å². The molecule has 0 radical (unpaired) electrons. The molecule has 1 aliphatic heterocycles. The number of carboxylic acid groups (broad SMARTS) is 1. The van der Waals surface area contributed by atoms with Crippen LogP contribution in [0.15, 0.2) is 0 Å². The minimum Gasteiger partial charge on any atom is -0.481 e. The number of hydrogen-bond acceptors (Lipinski definition) is 4. The highest BCUT2D eigenvalue weighted by atomic mass is 32.2. The lowest BCUT2D eigenvalue weighted by molar-refractivity contribution is -0.138. The summed E-state index contributed by atoms with van der Waals surface area (Å²) in [7, 11) is -2.95. The average Bonchev–Trinajstić information content (AvgIpc) is 2.18. The summed E-state index contributed by atoms with van der Waals surface area (Å²) in [6.45, 7) is 3.23. The van der Waals surface area contributed by atoms with Crippen LogP contribution in [0.5, 0.6) is 0 Å². The first-order valence-corrected chi connectivity index (χ1v) is 7.93. The van der Waals surface area contributed by atoms with Crippen LogP contribution in [0.4, 0.5) is 4.79 Å². The van der Waals surface area contributed by atoms with Crippen molar-refractivity contribution < 1.29 is 23.1 Å². The van der Waals surface area contributed by atoms with Gasteiger partial charge >= 0.3 is 12.0 Å². The fourth-order valence-electron chi connectivity index (χ4n) is 1.99. The molecule has 0 unspecified atom stereocenters. The van der Waals surface area contributed by atoms with Crippen molar-refractivity contribution in [1.29, 1.82) is 0 Å². The fraction of sp³-hybridized carbons (Fsp3) is 0.818. The summed E-state index contributed by atoms with van der Waals surface area (Å²) >= 11 is 0. The number of carboxylic acids is 1. The van der Waals surface area contributed by atoms with Gasteiger partial charge in [0.1, 0.15) is 9.84 Å². The van der Waals surface area contributed by atoms with E-state index >= 15 is 0 Å². The summed E-state index contributed by atoms with van der Waals surface area (Å²) < 4.78 is 22.5. The third kappa shape index (κ3) is 5.91. The second-order valence-electron chi connectivity index (χ2n) is 5.48. The number of sulfone groups is 1. The van der Waals surface area contributed by atoms with E-state index in [4.69, 9.17) is 5.11 Å². The Morgan fingerprint density at radius 2 is 1.79 bits per heavy atom. The Kier molecular flexibility index (Phi) is 4.78. The van der Waals surface area contributed by atoms with Crippen LogP contribution in [0, 0.1) is 0 Å². The largest absolute Gasteiger partial charge is 0.481 e. The number of rotatable bonds is 4. The zero-order valence-corrected chi connectivity index (χ0v) is 11.9. The maximum absolute atomic E-state index is 11.7. The van der Waals surface area contributed by atoms with Gasteiger partial charge in [-0.05, 0) is 26.7 Å². The molecule has 1 saturated heterocycles. The highest BCUT2D eigenvalue weighted by molar-refractivity contribution is 7.91. The van der Waals surface area contributed by atoms with Crippen molar-refractivity contribution in [2.45, 2.75) is 44.7 Å². The van der Waals surface area contributed by atoms with Crippen LogP contribution in [0.2, 0.25) is 0 Å². The first kappa shape index (κ1) is 15.7. The van der Waals surface area contributed by atoms with Gasteiger partial charge < -0.3 is 15.7 Å². The van der Waals surface area contributed by atoms with Gasteiger partial charge in [-0.25, -0.2) is 13.2 Å². The first-order chi connectivity index (χ1) is 8.60. The predicted molar refractivity (Wildman–Crippen MR) is 69.7 cm³/mol. The van der Waals surface area contributed by atoms with E-state index in [1.165, 1.54) is 0 Å². The summed E-state index contributed by atoms with van der Waals surface area (Å²) in [5, 5.41) is 14.0. The van der Waals surface area contributed by atoms with Gasteiger partial charge in [0.15, 0.2) is 0 Å². The van der Waals surface area contributed by atoms with Crippen LogP contribution < -0.4 is 10.6 Å². The van der Waals surface area contributed by atoms with Crippen molar-refractivity contribution in [3.63, 3.8) is 0 Å². The molecular weight excluding hydrogens is 272 g/mol. The molecule has 3 N–H and O–H groups in total. The molecule has 0 saturated carbocycles. The average molecular weight is 292 g/mol. The molecule has 19 heavy (non-hydrogen) atoms. The topological polar surface area (TPSA) is 113 Å². The maximum atomic E-state index is 11.7. The molecule has 2 amide bonds. The highest BCUT2D eigenvalue weighted by Gasteiger charge is 2.27. The molecule has 1 heterocycles. The molecule has 0 spiro atoms. The molecule has 0 atom stereocenters. The predicted octanol–water partition coefficient (Wildman–Crippen LogP) is 0.116. The Bertz CT molecular complexity index is 444. The molecule has 110 valence electrons. The molecule has 0 aromatic heterocycles. The zero-order chi connectivity index (χ0) is 14.7. The van der Waals surface area contributed by atoms with E-state index in [0.29, 0.717) is 12.8 Å². The van der Waals surface area contributed by atoms with Crippen molar-refractivity contribution in [3.05, 3.63) is 0 Å². The fourth-order valence-corrected chi connectivity index (χ4v) is 3.48. The van der Waals surface area contributed by atoms with Crippen molar-refractivity contribution in [2.75, 3.05) is 11.5 Å². The molecule has 0 aliphatic carbocycles. The third-order valence-corrected chi connectivity index (χ3v) is 4.65. The normalized spacial score (nSPS) is 19.7. The smallest absolute Gasteiger partial charge is 0.315 e. The van der Waals surface area contributed by atoms with Crippen LogP contribution in [0.1, 0.15) is 33.1 Å². The molecule has 1 fully saturated rings. The molecular formula is C11H20N2O5S. The number of aliphatic carboxylic acids is 1. The van der Waals surface area contributed by atoms with E-state index in [-0.39, 0.29) is 24.0 Å². The highest BCUT2D eigenvalue weighted by Crippen LogP contribution is 2.13. The number of carbonyl (C=O) groups excluding carboxylic acids is 1. The Morgan fingerprint density at radius 1 is 1.26 bits per heavy atom. The van der Waals surface area contributed by atoms with Gasteiger partial charge in [0, 0.05) is 11.6 Å². The van der Waals surface area contributed by atoms with Crippen molar-refractivity contribution in [3.8, 4) is 0 Å². The SMILES string of the molecule is CC(C)(CC(=O)O)NC(=O)NC1CCS(=O)(=O)CC1. The van der Waals surface area contributed by atoms with Crippen molar-refractivity contribution in [2.24, 2.45) is 0 Å². The lowest BCUT2D eigenvalue weighted by Gasteiger charge is -2.28. The summed E-state index contributed by atoms with van der Waals surface area (Å²) in [6.07, 6.45) is 0.615. The maximum Gasteiger partial charge on any atom is 0.315 e. The van der Waals surface area contributed by atoms with Crippen LogP contribution in [-0.4, -0.2) is 48.6 Å². The quantitative estimate of drug-likeness (QED) is 0.681. The van der Waals surface area contributed by atoms with Crippen molar-refractivity contribution in [1.82, 2.24) is 10.6 Å². The van der Waals surface area contributed by atoms with E-state index in [2.05, 4.69) is 10.6 Å². The summed E-state index contributed by atoms with van der Waals surface area (Å²) in [4.78, 5) is 22.3. The van der Waals surface area contributed by atoms with E-state index in [1.807, 2.05) is 0 Å². The van der Waals surface area contributed by atoms with E-state index in [0.717, 1.165) is 0 Å². The van der Waals surface area contributed by atoms with E-state index in [1.54, 1.807) is 13.8 Å². The zero-order valence-electron chi connectivity index (χ0n) is 11.1. The van der Waals surface area contributed by atoms with Gasteiger partial charge in [0.2, 0.25) is 0 Å². The summed E-state index contributed by atoms with van der Waals surface area (Å²) in [5.74, 6) is -0.832. The summed E-state index contributed by atoms with van der Waals surface area (Å²) in [6, 6.07) is -0.639. The Labute approximate surface area is 112 Å².